The van der Waals surface area contributed by atoms with E-state index in [0.717, 1.165) is 18.9 Å². The van der Waals surface area contributed by atoms with Gasteiger partial charge in [-0.3, -0.25) is 4.99 Å². The number of aromatic amines is 1. The fourth-order valence-corrected chi connectivity index (χ4v) is 3.08. The van der Waals surface area contributed by atoms with Gasteiger partial charge in [-0.15, -0.1) is 24.0 Å². The Hall–Kier alpha value is -2.06. The summed E-state index contributed by atoms with van der Waals surface area (Å²) in [5.41, 5.74) is 4.90. The molecule has 0 amide bonds. The predicted octanol–water partition coefficient (Wildman–Crippen LogP) is 3.84. The number of halogens is 1. The lowest BCUT2D eigenvalue weighted by Gasteiger charge is -2.14. The molecule has 0 bridgehead atoms. The number of methoxy groups -OCH3 is 1. The van der Waals surface area contributed by atoms with E-state index in [1.165, 1.54) is 27.6 Å². The quantitative estimate of drug-likeness (QED) is 0.275. The second-order valence-corrected chi connectivity index (χ2v) is 6.16. The number of aromatic nitrogens is 1. The van der Waals surface area contributed by atoms with E-state index in [-0.39, 0.29) is 24.0 Å². The molecule has 3 rings (SSSR count). The number of rotatable bonds is 7. The largest absolute Gasteiger partial charge is 0.380 e. The molecule has 0 fully saturated rings. The van der Waals surface area contributed by atoms with Gasteiger partial charge in [0.05, 0.1) is 6.61 Å². The van der Waals surface area contributed by atoms with Crippen LogP contribution in [0.4, 0.5) is 0 Å². The van der Waals surface area contributed by atoms with Crippen molar-refractivity contribution in [3.05, 3.63) is 71.4 Å². The summed E-state index contributed by atoms with van der Waals surface area (Å²) in [4.78, 5) is 7.63. The smallest absolute Gasteiger partial charge is 0.191 e. The summed E-state index contributed by atoms with van der Waals surface area (Å²) in [6.07, 6.45) is 3.02. The van der Waals surface area contributed by atoms with E-state index in [4.69, 9.17) is 4.74 Å². The number of aliphatic imine (C=N–C) groups is 1. The molecule has 1 heterocycles. The van der Waals surface area contributed by atoms with Gasteiger partial charge < -0.3 is 20.4 Å². The normalized spacial score (nSPS) is 11.3. The van der Waals surface area contributed by atoms with Gasteiger partial charge in [-0.05, 0) is 29.2 Å². The van der Waals surface area contributed by atoms with Crippen molar-refractivity contribution < 1.29 is 4.74 Å². The van der Waals surface area contributed by atoms with E-state index in [9.17, 15) is 0 Å². The third-order valence-electron chi connectivity index (χ3n) is 4.45. The average molecular weight is 478 g/mol. The number of benzene rings is 2. The molecule has 0 atom stereocenters. The highest BCUT2D eigenvalue weighted by Gasteiger charge is 2.05. The summed E-state index contributed by atoms with van der Waals surface area (Å²) >= 11 is 0. The number of hydrogen-bond acceptors (Lipinski definition) is 2. The van der Waals surface area contributed by atoms with Gasteiger partial charge in [0.25, 0.3) is 0 Å². The number of hydrogen-bond donors (Lipinski definition) is 3. The highest BCUT2D eigenvalue weighted by Crippen LogP contribution is 2.17. The molecule has 1 aromatic heterocycles. The molecule has 3 aromatic rings. The Kier molecular flexibility index (Phi) is 8.60. The van der Waals surface area contributed by atoms with Crippen molar-refractivity contribution in [2.24, 2.45) is 4.99 Å². The maximum Gasteiger partial charge on any atom is 0.191 e. The molecule has 6 heteroatoms. The number of guanidine groups is 1. The minimum atomic E-state index is 0. The first-order valence-electron chi connectivity index (χ1n) is 8.87. The van der Waals surface area contributed by atoms with Crippen LogP contribution in [0, 0.1) is 0 Å². The predicted molar refractivity (Wildman–Crippen MR) is 123 cm³/mol. The molecule has 27 heavy (non-hydrogen) atoms. The second kappa shape index (κ2) is 10.9. The topological polar surface area (TPSA) is 61.4 Å². The number of ether oxygens (including phenoxy) is 1. The van der Waals surface area contributed by atoms with Gasteiger partial charge in [-0.25, -0.2) is 0 Å². The maximum atomic E-state index is 5.27. The zero-order chi connectivity index (χ0) is 18.2. The van der Waals surface area contributed by atoms with Crippen LogP contribution < -0.4 is 10.6 Å². The van der Waals surface area contributed by atoms with Crippen LogP contribution in [0.5, 0.6) is 0 Å². The highest BCUT2D eigenvalue weighted by molar-refractivity contribution is 14.0. The van der Waals surface area contributed by atoms with E-state index in [0.29, 0.717) is 13.2 Å². The van der Waals surface area contributed by atoms with Gasteiger partial charge in [0.2, 0.25) is 0 Å². The highest BCUT2D eigenvalue weighted by atomic mass is 127. The summed E-state index contributed by atoms with van der Waals surface area (Å²) in [5, 5.41) is 8.05. The van der Waals surface area contributed by atoms with Crippen molar-refractivity contribution >= 4 is 40.8 Å². The molecule has 0 saturated carbocycles. The first-order chi connectivity index (χ1) is 12.8. The zero-order valence-corrected chi connectivity index (χ0v) is 18.1. The van der Waals surface area contributed by atoms with Crippen LogP contribution in [0.2, 0.25) is 0 Å². The molecule has 0 saturated heterocycles. The first kappa shape index (κ1) is 21.2. The van der Waals surface area contributed by atoms with Crippen LogP contribution in [-0.2, 0) is 24.3 Å². The van der Waals surface area contributed by atoms with E-state index in [2.05, 4.69) is 57.1 Å². The van der Waals surface area contributed by atoms with Crippen molar-refractivity contribution in [1.82, 2.24) is 15.6 Å². The SMILES string of the molecule is CN=C(NCCc1c[nH]c2ccccc12)NCc1ccccc1COC.I. The fraction of sp³-hybridized carbons (Fsp3) is 0.286. The monoisotopic (exact) mass is 478 g/mol. The van der Waals surface area contributed by atoms with Crippen LogP contribution in [-0.4, -0.2) is 31.6 Å². The van der Waals surface area contributed by atoms with Crippen LogP contribution in [0.25, 0.3) is 10.9 Å². The van der Waals surface area contributed by atoms with Crippen molar-refractivity contribution in [2.75, 3.05) is 20.7 Å². The molecule has 0 aliphatic heterocycles. The van der Waals surface area contributed by atoms with Crippen LogP contribution in [0.15, 0.2) is 59.7 Å². The average Bonchev–Trinajstić information content (AvgIpc) is 3.09. The van der Waals surface area contributed by atoms with Gasteiger partial charge in [0, 0.05) is 44.3 Å². The van der Waals surface area contributed by atoms with Crippen molar-refractivity contribution in [3.8, 4) is 0 Å². The molecule has 0 radical (unpaired) electrons. The molecule has 5 nitrogen and oxygen atoms in total. The molecular weight excluding hydrogens is 451 g/mol. The number of fused-ring (bicyclic) bond motifs is 1. The first-order valence-corrected chi connectivity index (χ1v) is 8.87. The lowest BCUT2D eigenvalue weighted by atomic mass is 10.1. The standard InChI is InChI=1S/C21H26N4O.HI/c1-22-21(25-13-16-7-3-4-8-18(16)15-26-2)23-12-11-17-14-24-20-10-6-5-9-19(17)20;/h3-10,14,24H,11-13,15H2,1-2H3,(H2,22,23,25);1H. The molecular formula is C21H27IN4O. The minimum Gasteiger partial charge on any atom is -0.380 e. The maximum absolute atomic E-state index is 5.27. The second-order valence-electron chi connectivity index (χ2n) is 6.16. The third-order valence-corrected chi connectivity index (χ3v) is 4.45. The molecule has 0 aliphatic rings. The van der Waals surface area contributed by atoms with E-state index >= 15 is 0 Å². The molecule has 144 valence electrons. The molecule has 0 aliphatic carbocycles. The Balaban J connectivity index is 0.00000261. The molecule has 2 aromatic carbocycles. The summed E-state index contributed by atoms with van der Waals surface area (Å²) in [7, 11) is 3.51. The number of nitrogens with one attached hydrogen (secondary N) is 3. The molecule has 0 spiro atoms. The minimum absolute atomic E-state index is 0. The number of H-pyrrole nitrogens is 1. The van der Waals surface area contributed by atoms with Crippen molar-refractivity contribution in [1.29, 1.82) is 0 Å². The van der Waals surface area contributed by atoms with E-state index in [1.807, 2.05) is 18.2 Å². The Morgan fingerprint density at radius 3 is 2.52 bits per heavy atom. The van der Waals surface area contributed by atoms with Crippen molar-refractivity contribution in [2.45, 2.75) is 19.6 Å². The third kappa shape index (κ3) is 5.71. The number of para-hydroxylation sites is 1. The molecule has 3 N–H and O–H groups in total. The van der Waals surface area contributed by atoms with Gasteiger partial charge in [0.15, 0.2) is 5.96 Å². The Bertz CT molecular complexity index is 875. The van der Waals surface area contributed by atoms with Crippen LogP contribution in [0.3, 0.4) is 0 Å². The van der Waals surface area contributed by atoms with Gasteiger partial charge >= 0.3 is 0 Å². The van der Waals surface area contributed by atoms with E-state index in [1.54, 1.807) is 14.2 Å². The Morgan fingerprint density at radius 2 is 1.74 bits per heavy atom. The lowest BCUT2D eigenvalue weighted by molar-refractivity contribution is 0.184. The summed E-state index contributed by atoms with van der Waals surface area (Å²) in [6.45, 7) is 2.15. The van der Waals surface area contributed by atoms with E-state index < -0.39 is 0 Å². The lowest BCUT2D eigenvalue weighted by Crippen LogP contribution is -2.38. The fourth-order valence-electron chi connectivity index (χ4n) is 3.08. The zero-order valence-electron chi connectivity index (χ0n) is 15.8. The van der Waals surface area contributed by atoms with Gasteiger partial charge in [-0.2, -0.15) is 0 Å². The van der Waals surface area contributed by atoms with Gasteiger partial charge in [-0.1, -0.05) is 42.5 Å². The Labute approximate surface area is 177 Å². The summed E-state index contributed by atoms with van der Waals surface area (Å²) < 4.78 is 5.27. The Morgan fingerprint density at radius 1 is 1.00 bits per heavy atom. The summed E-state index contributed by atoms with van der Waals surface area (Å²) in [6, 6.07) is 16.7. The van der Waals surface area contributed by atoms with Crippen molar-refractivity contribution in [3.63, 3.8) is 0 Å². The van der Waals surface area contributed by atoms with Crippen LogP contribution in [0.1, 0.15) is 16.7 Å². The van der Waals surface area contributed by atoms with Crippen LogP contribution >= 0.6 is 24.0 Å². The summed E-state index contributed by atoms with van der Waals surface area (Å²) in [5.74, 6) is 0.803. The van der Waals surface area contributed by atoms with Gasteiger partial charge in [0.1, 0.15) is 0 Å². The molecule has 0 unspecified atom stereocenters. The number of nitrogens with zero attached hydrogens (tertiary/aromatic N) is 1.